The Morgan fingerprint density at radius 3 is 2.13 bits per heavy atom. The van der Waals surface area contributed by atoms with Crippen LogP contribution in [0.1, 0.15) is 20.8 Å². The number of carbonyl (C=O) groups is 3. The number of carbonyl (C=O) groups excluding carboxylic acids is 3. The molecule has 0 bridgehead atoms. The van der Waals surface area contributed by atoms with E-state index >= 15 is 0 Å². The van der Waals surface area contributed by atoms with Crippen molar-refractivity contribution in [3.05, 3.63) is 47.9 Å². The molecule has 2 N–H and O–H groups in total. The number of thiazole rings is 1. The van der Waals surface area contributed by atoms with E-state index in [2.05, 4.69) is 15.6 Å². The van der Waals surface area contributed by atoms with Crippen LogP contribution in [0.15, 0.2) is 47.9 Å². The number of aromatic nitrogens is 1. The molecular weight excluding hydrogens is 410 g/mol. The third-order valence-corrected chi connectivity index (χ3v) is 4.46. The molecule has 0 aliphatic rings. The Labute approximate surface area is 177 Å². The van der Waals surface area contributed by atoms with Crippen LogP contribution in [-0.2, 0) is 28.6 Å². The molecule has 0 amide bonds. The number of para-hydroxylation sites is 1. The summed E-state index contributed by atoms with van der Waals surface area (Å²) in [6.45, 7) is 5.19. The quantitative estimate of drug-likeness (QED) is 0.192. The number of hydrogen-bond donors (Lipinski definition) is 2. The molecule has 0 atom stereocenters. The standard InChI is InChI=1S/C20H23N3O6S/c1-4-27-17(24)13(18(25)28-5-2)11-21-15(19(26)29-6-3)12-22-20-23-14-9-7-8-10-16(14)30-20/h7-12,21H,4-6H2,1-3H3,(H,22,23)/b15-12-. The maximum atomic E-state index is 12.3. The summed E-state index contributed by atoms with van der Waals surface area (Å²) < 4.78 is 15.7. The Kier molecular flexibility index (Phi) is 8.82. The summed E-state index contributed by atoms with van der Waals surface area (Å²) in [7, 11) is 0. The number of ether oxygens (including phenoxy) is 3. The molecule has 0 radical (unpaired) electrons. The van der Waals surface area contributed by atoms with Crippen molar-refractivity contribution >= 4 is 44.6 Å². The molecule has 30 heavy (non-hydrogen) atoms. The fourth-order valence-corrected chi connectivity index (χ4v) is 3.04. The van der Waals surface area contributed by atoms with E-state index in [1.807, 2.05) is 24.3 Å². The van der Waals surface area contributed by atoms with Gasteiger partial charge in [-0.2, -0.15) is 0 Å². The molecule has 10 heteroatoms. The first-order valence-electron chi connectivity index (χ1n) is 9.30. The van der Waals surface area contributed by atoms with Gasteiger partial charge in [0.1, 0.15) is 5.70 Å². The van der Waals surface area contributed by atoms with Crippen molar-refractivity contribution in [2.24, 2.45) is 0 Å². The van der Waals surface area contributed by atoms with E-state index in [1.54, 1.807) is 20.8 Å². The molecule has 9 nitrogen and oxygen atoms in total. The van der Waals surface area contributed by atoms with Gasteiger partial charge in [-0.05, 0) is 32.9 Å². The zero-order valence-electron chi connectivity index (χ0n) is 16.9. The molecule has 2 rings (SSSR count). The van der Waals surface area contributed by atoms with Gasteiger partial charge in [0.25, 0.3) is 0 Å². The molecule has 1 aromatic heterocycles. The highest BCUT2D eigenvalue weighted by Gasteiger charge is 2.22. The first-order chi connectivity index (χ1) is 14.5. The third kappa shape index (κ3) is 6.31. The highest BCUT2D eigenvalue weighted by molar-refractivity contribution is 7.22. The van der Waals surface area contributed by atoms with Gasteiger partial charge in [0.2, 0.25) is 0 Å². The SMILES string of the molecule is CCOC(=O)C(=CN/C(=C\Nc1nc2ccccc2s1)C(=O)OCC)C(=O)OCC. The molecule has 0 unspecified atom stereocenters. The number of nitrogens with one attached hydrogen (secondary N) is 2. The van der Waals surface area contributed by atoms with Crippen molar-refractivity contribution in [1.29, 1.82) is 0 Å². The lowest BCUT2D eigenvalue weighted by Gasteiger charge is -2.10. The van der Waals surface area contributed by atoms with E-state index < -0.39 is 17.9 Å². The van der Waals surface area contributed by atoms with E-state index in [1.165, 1.54) is 17.5 Å². The molecular formula is C20H23N3O6S. The second-order valence-electron chi connectivity index (χ2n) is 5.55. The fraction of sp³-hybridized carbons (Fsp3) is 0.300. The number of rotatable bonds is 10. The van der Waals surface area contributed by atoms with Gasteiger partial charge in [-0.15, -0.1) is 0 Å². The molecule has 0 saturated carbocycles. The normalized spacial score (nSPS) is 10.8. The molecule has 0 fully saturated rings. The molecule has 0 spiro atoms. The van der Waals surface area contributed by atoms with Crippen molar-refractivity contribution in [1.82, 2.24) is 10.3 Å². The molecule has 0 aliphatic carbocycles. The van der Waals surface area contributed by atoms with Gasteiger partial charge in [-0.3, -0.25) is 0 Å². The average molecular weight is 433 g/mol. The van der Waals surface area contributed by atoms with Gasteiger partial charge in [-0.1, -0.05) is 23.5 Å². The molecule has 1 heterocycles. The molecule has 2 aromatic rings. The average Bonchev–Trinajstić information content (AvgIpc) is 3.14. The lowest BCUT2D eigenvalue weighted by atomic mass is 10.3. The summed E-state index contributed by atoms with van der Waals surface area (Å²) in [6, 6.07) is 7.59. The summed E-state index contributed by atoms with van der Waals surface area (Å²) in [5.41, 5.74) is 0.395. The number of esters is 3. The summed E-state index contributed by atoms with van der Waals surface area (Å²) >= 11 is 1.40. The van der Waals surface area contributed by atoms with Gasteiger partial charge in [0.05, 0.1) is 30.0 Å². The van der Waals surface area contributed by atoms with Crippen LogP contribution in [0.3, 0.4) is 0 Å². The largest absolute Gasteiger partial charge is 0.462 e. The fourth-order valence-electron chi connectivity index (χ4n) is 2.21. The maximum Gasteiger partial charge on any atom is 0.356 e. The van der Waals surface area contributed by atoms with E-state index in [0.717, 1.165) is 16.4 Å². The maximum absolute atomic E-state index is 12.3. The first kappa shape index (κ1) is 22.9. The summed E-state index contributed by atoms with van der Waals surface area (Å²) in [5, 5.41) is 6.11. The Morgan fingerprint density at radius 1 is 0.933 bits per heavy atom. The van der Waals surface area contributed by atoms with Crippen molar-refractivity contribution in [3.8, 4) is 0 Å². The zero-order chi connectivity index (χ0) is 21.9. The number of benzene rings is 1. The number of hydrogen-bond acceptors (Lipinski definition) is 10. The van der Waals surface area contributed by atoms with Crippen molar-refractivity contribution < 1.29 is 28.6 Å². The topological polar surface area (TPSA) is 116 Å². The minimum absolute atomic E-state index is 0.0396. The van der Waals surface area contributed by atoms with Gasteiger partial charge >= 0.3 is 17.9 Å². The van der Waals surface area contributed by atoms with Crippen LogP contribution >= 0.6 is 11.3 Å². The summed E-state index contributed by atoms with van der Waals surface area (Å²) in [4.78, 5) is 40.8. The van der Waals surface area contributed by atoms with Crippen LogP contribution in [0.2, 0.25) is 0 Å². The number of nitrogens with zero attached hydrogens (tertiary/aromatic N) is 1. The second kappa shape index (κ2) is 11.6. The minimum atomic E-state index is -0.870. The van der Waals surface area contributed by atoms with Crippen LogP contribution in [0.4, 0.5) is 5.13 Å². The number of anilines is 1. The monoisotopic (exact) mass is 433 g/mol. The van der Waals surface area contributed by atoms with Gasteiger partial charge in [0.15, 0.2) is 10.7 Å². The molecule has 0 aliphatic heterocycles. The van der Waals surface area contributed by atoms with Crippen molar-refractivity contribution in [2.75, 3.05) is 25.1 Å². The Bertz CT molecular complexity index is 913. The Balaban J connectivity index is 2.26. The van der Waals surface area contributed by atoms with Crippen molar-refractivity contribution in [2.45, 2.75) is 20.8 Å². The minimum Gasteiger partial charge on any atom is -0.462 e. The second-order valence-corrected chi connectivity index (χ2v) is 6.58. The first-order valence-corrected chi connectivity index (χ1v) is 10.1. The highest BCUT2D eigenvalue weighted by Crippen LogP contribution is 2.25. The van der Waals surface area contributed by atoms with Gasteiger partial charge < -0.3 is 24.8 Å². The predicted molar refractivity (Wildman–Crippen MR) is 112 cm³/mol. The van der Waals surface area contributed by atoms with Gasteiger partial charge in [0, 0.05) is 12.4 Å². The lowest BCUT2D eigenvalue weighted by Crippen LogP contribution is -2.24. The molecule has 1 aromatic carbocycles. The van der Waals surface area contributed by atoms with Gasteiger partial charge in [-0.25, -0.2) is 19.4 Å². The molecule has 0 saturated heterocycles. The van der Waals surface area contributed by atoms with Crippen LogP contribution in [0, 0.1) is 0 Å². The molecule has 160 valence electrons. The van der Waals surface area contributed by atoms with Crippen LogP contribution in [0.5, 0.6) is 0 Å². The van der Waals surface area contributed by atoms with E-state index in [9.17, 15) is 14.4 Å². The third-order valence-electron chi connectivity index (χ3n) is 3.49. The van der Waals surface area contributed by atoms with Crippen molar-refractivity contribution in [3.63, 3.8) is 0 Å². The number of fused-ring (bicyclic) bond motifs is 1. The predicted octanol–water partition coefficient (Wildman–Crippen LogP) is 2.71. The summed E-state index contributed by atoms with van der Waals surface area (Å²) in [6.07, 6.45) is 2.40. The van der Waals surface area contributed by atoms with Crippen LogP contribution < -0.4 is 10.6 Å². The van der Waals surface area contributed by atoms with E-state index in [0.29, 0.717) is 5.13 Å². The van der Waals surface area contributed by atoms with E-state index in [-0.39, 0.29) is 31.1 Å². The highest BCUT2D eigenvalue weighted by atomic mass is 32.1. The lowest BCUT2D eigenvalue weighted by molar-refractivity contribution is -0.147. The zero-order valence-corrected chi connectivity index (χ0v) is 17.7. The van der Waals surface area contributed by atoms with Crippen LogP contribution in [0.25, 0.3) is 10.2 Å². The smallest absolute Gasteiger partial charge is 0.356 e. The Morgan fingerprint density at radius 2 is 1.53 bits per heavy atom. The van der Waals surface area contributed by atoms with E-state index in [4.69, 9.17) is 14.2 Å². The summed E-state index contributed by atoms with van der Waals surface area (Å²) in [5.74, 6) is -2.42. The van der Waals surface area contributed by atoms with Crippen LogP contribution in [-0.4, -0.2) is 42.7 Å². The Hall–Kier alpha value is -3.40.